The number of para-hydroxylation sites is 1. The van der Waals surface area contributed by atoms with E-state index in [4.69, 9.17) is 16.3 Å². The van der Waals surface area contributed by atoms with Crippen LogP contribution in [0.1, 0.15) is 71.9 Å². The quantitative estimate of drug-likeness (QED) is 0.373. The molecule has 38 heavy (non-hydrogen) atoms. The van der Waals surface area contributed by atoms with Gasteiger partial charge in [0.1, 0.15) is 12.6 Å². The van der Waals surface area contributed by atoms with Crippen molar-refractivity contribution in [3.63, 3.8) is 0 Å². The minimum absolute atomic E-state index is 0.180. The van der Waals surface area contributed by atoms with Crippen LogP contribution in [-0.4, -0.2) is 24.0 Å². The molecule has 0 aliphatic heterocycles. The summed E-state index contributed by atoms with van der Waals surface area (Å²) in [6.45, 7) is 15.1. The Labute approximate surface area is 229 Å². The number of allylic oxidation sites excluding steroid dienone is 5. The molecule has 0 radical (unpaired) electrons. The van der Waals surface area contributed by atoms with Gasteiger partial charge in [0, 0.05) is 11.1 Å². The highest BCUT2D eigenvalue weighted by Gasteiger charge is 2.51. The molecule has 4 nitrogen and oxygen atoms in total. The monoisotopic (exact) mass is 522 g/mol. The lowest BCUT2D eigenvalue weighted by molar-refractivity contribution is -0.0980. The highest BCUT2D eigenvalue weighted by atomic mass is 19.1. The lowest BCUT2D eigenvalue weighted by Gasteiger charge is -2.41. The Hall–Kier alpha value is -3.02. The summed E-state index contributed by atoms with van der Waals surface area (Å²) in [5.74, 6) is -0.196. The van der Waals surface area contributed by atoms with Gasteiger partial charge in [-0.15, -0.1) is 0 Å². The Morgan fingerprint density at radius 1 is 1.08 bits per heavy atom. The fourth-order valence-corrected chi connectivity index (χ4v) is 4.94. The van der Waals surface area contributed by atoms with Crippen molar-refractivity contribution >= 4 is 12.5 Å². The second-order valence-electron chi connectivity index (χ2n) is 10.5. The number of fused-ring (bicyclic) bond motifs is 1. The Balaban J connectivity index is 0.000000428. The van der Waals surface area contributed by atoms with Crippen LogP contribution in [0, 0.1) is 11.2 Å². The van der Waals surface area contributed by atoms with E-state index in [0.29, 0.717) is 0 Å². The summed E-state index contributed by atoms with van der Waals surface area (Å²) >= 11 is 0. The van der Waals surface area contributed by atoms with Crippen molar-refractivity contribution in [2.24, 2.45) is 11.1 Å². The first-order valence-corrected chi connectivity index (χ1v) is 13.3. The van der Waals surface area contributed by atoms with E-state index in [1.165, 1.54) is 40.0 Å². The number of nitrogens with two attached hydrogens (primary N) is 2. The molecule has 2 aliphatic rings. The minimum Gasteiger partial charge on any atom is -0.399 e. The third-order valence-corrected chi connectivity index (χ3v) is 7.29. The zero-order valence-electron chi connectivity index (χ0n) is 24.1. The number of aliphatic hydroxyl groups is 1. The van der Waals surface area contributed by atoms with Crippen molar-refractivity contribution in [1.82, 2.24) is 0 Å². The van der Waals surface area contributed by atoms with Crippen LogP contribution in [0.4, 0.5) is 10.1 Å². The van der Waals surface area contributed by atoms with E-state index in [2.05, 4.69) is 45.9 Å². The van der Waals surface area contributed by atoms with Crippen LogP contribution in [0.2, 0.25) is 0 Å². The topological polar surface area (TPSA) is 89.3 Å². The van der Waals surface area contributed by atoms with Gasteiger partial charge >= 0.3 is 0 Å². The Kier molecular flexibility index (Phi) is 13.4. The summed E-state index contributed by atoms with van der Waals surface area (Å²) in [7, 11) is 0. The SMILES string of the molecule is C=O.CC(C)=CC1=C(Cc2ccc(F)cc2)C=C2CCC(C)(O)C2(C)C1.CCN.CCc1ccccc1N. The molecule has 0 bridgehead atoms. The number of anilines is 1. The molecule has 2 aromatic carbocycles. The molecule has 1 saturated carbocycles. The van der Waals surface area contributed by atoms with Gasteiger partial charge in [-0.2, -0.15) is 0 Å². The number of aryl methyl sites for hydroxylation is 1. The molecule has 0 amide bonds. The van der Waals surface area contributed by atoms with Crippen LogP contribution in [0.15, 0.2) is 83.0 Å². The summed E-state index contributed by atoms with van der Waals surface area (Å²) in [6, 6.07) is 14.7. The van der Waals surface area contributed by atoms with Crippen molar-refractivity contribution in [3.8, 4) is 0 Å². The zero-order chi connectivity index (χ0) is 28.9. The van der Waals surface area contributed by atoms with Crippen LogP contribution in [-0.2, 0) is 17.6 Å². The summed E-state index contributed by atoms with van der Waals surface area (Å²) in [4.78, 5) is 8.00. The summed E-state index contributed by atoms with van der Waals surface area (Å²) in [6.07, 6.45) is 9.01. The first-order valence-electron chi connectivity index (χ1n) is 13.3. The van der Waals surface area contributed by atoms with Gasteiger partial charge in [-0.25, -0.2) is 4.39 Å². The third kappa shape index (κ3) is 8.78. The van der Waals surface area contributed by atoms with Gasteiger partial charge < -0.3 is 21.4 Å². The number of hydrogen-bond acceptors (Lipinski definition) is 4. The van der Waals surface area contributed by atoms with Crippen molar-refractivity contribution in [2.75, 3.05) is 12.3 Å². The van der Waals surface area contributed by atoms with E-state index >= 15 is 0 Å². The fourth-order valence-electron chi connectivity index (χ4n) is 4.94. The molecule has 2 aromatic rings. The molecule has 4 rings (SSSR count). The first kappa shape index (κ1) is 33.0. The van der Waals surface area contributed by atoms with Crippen molar-refractivity contribution in [1.29, 1.82) is 0 Å². The second-order valence-corrected chi connectivity index (χ2v) is 10.5. The highest BCUT2D eigenvalue weighted by molar-refractivity contribution is 5.48. The average molecular weight is 523 g/mol. The lowest BCUT2D eigenvalue weighted by Crippen LogP contribution is -2.41. The van der Waals surface area contributed by atoms with Crippen molar-refractivity contribution < 1.29 is 14.3 Å². The van der Waals surface area contributed by atoms with Gasteiger partial charge in [0.15, 0.2) is 0 Å². The second kappa shape index (κ2) is 15.4. The number of carbonyl (C=O) groups excluding carboxylic acids is 1. The molecule has 0 spiro atoms. The normalized spacial score (nSPS) is 21.3. The standard InChI is InChI=1S/C22H27FO.C8H11N.C2H7N.CH2O/c1-15(2)11-18-14-21(3)19(9-10-22(21,4)24)13-17(18)12-16-5-7-20(23)8-6-16;1-2-7-5-3-4-6-8(7)9;1-2-3;1-2/h5-8,11,13,24H,9-10,12,14H2,1-4H3;3-6H,2,9H2,1H3;2-3H2,1H3;1H2. The van der Waals surface area contributed by atoms with E-state index in [1.54, 1.807) is 0 Å². The summed E-state index contributed by atoms with van der Waals surface area (Å²) in [5, 5.41) is 10.9. The minimum atomic E-state index is -0.652. The van der Waals surface area contributed by atoms with Crippen molar-refractivity contribution in [2.45, 2.75) is 79.2 Å². The van der Waals surface area contributed by atoms with Crippen LogP contribution in [0.25, 0.3) is 0 Å². The molecule has 5 heteroatoms. The largest absolute Gasteiger partial charge is 0.399 e. The Morgan fingerprint density at radius 2 is 1.66 bits per heavy atom. The average Bonchev–Trinajstić information content (AvgIpc) is 3.11. The number of rotatable bonds is 4. The predicted octanol–water partition coefficient (Wildman–Crippen LogP) is 7.12. The fraction of sp³-hybridized carbons (Fsp3) is 0.424. The van der Waals surface area contributed by atoms with E-state index < -0.39 is 5.60 Å². The molecule has 0 saturated heterocycles. The zero-order valence-corrected chi connectivity index (χ0v) is 24.1. The first-order chi connectivity index (χ1) is 18.0. The molecular formula is C33H47FN2O2. The molecule has 2 unspecified atom stereocenters. The van der Waals surface area contributed by atoms with Gasteiger partial charge in [0.25, 0.3) is 0 Å². The van der Waals surface area contributed by atoms with Gasteiger partial charge in [-0.05, 0) is 99.9 Å². The van der Waals surface area contributed by atoms with Crippen LogP contribution in [0.3, 0.4) is 0 Å². The molecule has 0 aromatic heterocycles. The lowest BCUT2D eigenvalue weighted by atomic mass is 9.66. The highest BCUT2D eigenvalue weighted by Crippen LogP contribution is 2.56. The van der Waals surface area contributed by atoms with E-state index in [0.717, 1.165) is 49.9 Å². The van der Waals surface area contributed by atoms with E-state index in [9.17, 15) is 9.50 Å². The van der Waals surface area contributed by atoms with E-state index in [1.807, 2.05) is 51.0 Å². The van der Waals surface area contributed by atoms with E-state index in [-0.39, 0.29) is 11.2 Å². The maximum atomic E-state index is 13.2. The van der Waals surface area contributed by atoms with Gasteiger partial charge in [-0.1, -0.05) is 74.4 Å². The predicted molar refractivity (Wildman–Crippen MR) is 159 cm³/mol. The number of halogens is 1. The molecular weight excluding hydrogens is 475 g/mol. The molecule has 2 aliphatic carbocycles. The maximum Gasteiger partial charge on any atom is 0.123 e. The van der Waals surface area contributed by atoms with Crippen LogP contribution in [0.5, 0.6) is 0 Å². The summed E-state index contributed by atoms with van der Waals surface area (Å²) < 4.78 is 13.2. The van der Waals surface area contributed by atoms with Crippen molar-refractivity contribution in [3.05, 3.63) is 99.9 Å². The third-order valence-electron chi connectivity index (χ3n) is 7.29. The molecule has 5 N–H and O–H groups in total. The maximum absolute atomic E-state index is 13.2. The molecule has 2 atom stereocenters. The number of nitrogen functional groups attached to an aromatic ring is 1. The molecule has 208 valence electrons. The van der Waals surface area contributed by atoms with Gasteiger partial charge in [0.2, 0.25) is 0 Å². The van der Waals surface area contributed by atoms with Crippen LogP contribution < -0.4 is 11.5 Å². The molecule has 1 fully saturated rings. The Morgan fingerprint density at radius 3 is 2.16 bits per heavy atom. The van der Waals surface area contributed by atoms with Crippen LogP contribution >= 0.6 is 0 Å². The number of hydrogen-bond donors (Lipinski definition) is 3. The van der Waals surface area contributed by atoms with Gasteiger partial charge in [-0.3, -0.25) is 0 Å². The smallest absolute Gasteiger partial charge is 0.123 e. The Bertz CT molecular complexity index is 1110. The number of carbonyl (C=O) groups is 1. The number of benzene rings is 2. The summed E-state index contributed by atoms with van der Waals surface area (Å²) in [5.41, 5.74) is 18.1. The molecule has 0 heterocycles. The van der Waals surface area contributed by atoms with Gasteiger partial charge in [0.05, 0.1) is 5.60 Å².